The molecule has 1 aliphatic rings. The van der Waals surface area contributed by atoms with Crippen LogP contribution < -0.4 is 11.2 Å². The van der Waals surface area contributed by atoms with Gasteiger partial charge in [0.15, 0.2) is 6.35 Å². The Kier molecular flexibility index (Phi) is 4.23. The van der Waals surface area contributed by atoms with Crippen LogP contribution in [0.15, 0.2) is 15.8 Å². The molecule has 0 saturated carbocycles. The molecule has 118 valence electrons. The Balaban J connectivity index is 2.46. The molecule has 2 unspecified atom stereocenters. The highest BCUT2D eigenvalue weighted by molar-refractivity contribution is 7.51. The highest BCUT2D eigenvalue weighted by Crippen LogP contribution is 2.41. The molecule has 1 aromatic heterocycles. The van der Waals surface area contributed by atoms with Crippen LogP contribution in [0.1, 0.15) is 18.9 Å². The number of nitrogens with zero attached hydrogens (tertiary/aromatic N) is 1. The molecule has 0 amide bonds. The number of hydrogen-bond acceptors (Lipinski definition) is 5. The van der Waals surface area contributed by atoms with Gasteiger partial charge in [-0.05, 0) is 12.8 Å². The maximum absolute atomic E-state index is 12.0. The minimum Gasteiger partial charge on any atom is -0.332 e. The van der Waals surface area contributed by atoms with Gasteiger partial charge in [-0.2, -0.15) is 0 Å². The van der Waals surface area contributed by atoms with Crippen molar-refractivity contribution in [2.45, 2.75) is 26.2 Å². The third-order valence-corrected chi connectivity index (χ3v) is 3.61. The summed E-state index contributed by atoms with van der Waals surface area (Å²) in [5.41, 5.74) is -1.03. The van der Waals surface area contributed by atoms with Crippen LogP contribution in [0.5, 0.6) is 0 Å². The molecule has 0 aliphatic carbocycles. The van der Waals surface area contributed by atoms with Crippen molar-refractivity contribution in [2.75, 3.05) is 13.0 Å². The number of ether oxygens (including phenoxy) is 2. The van der Waals surface area contributed by atoms with E-state index in [2.05, 4.69) is 4.98 Å². The Hall–Kier alpha value is -1.25. The van der Waals surface area contributed by atoms with Crippen LogP contribution in [0.2, 0.25) is 0 Å². The number of nitrogens with one attached hydrogen (secondary N) is 1. The van der Waals surface area contributed by atoms with Gasteiger partial charge in [0, 0.05) is 18.2 Å². The number of aromatic amines is 1. The Morgan fingerprint density at radius 1 is 1.57 bits per heavy atom. The lowest BCUT2D eigenvalue weighted by Crippen LogP contribution is -2.46. The molecule has 21 heavy (non-hydrogen) atoms. The van der Waals surface area contributed by atoms with Gasteiger partial charge < -0.3 is 19.3 Å². The van der Waals surface area contributed by atoms with Crippen molar-refractivity contribution in [3.8, 4) is 0 Å². The second-order valence-corrected chi connectivity index (χ2v) is 6.80. The topological polar surface area (TPSA) is 131 Å². The van der Waals surface area contributed by atoms with Crippen LogP contribution in [0.4, 0.5) is 0 Å². The molecule has 0 aromatic carbocycles. The van der Waals surface area contributed by atoms with E-state index in [1.807, 2.05) is 6.92 Å². The zero-order valence-corrected chi connectivity index (χ0v) is 12.5. The van der Waals surface area contributed by atoms with E-state index in [1.165, 1.54) is 13.1 Å². The summed E-state index contributed by atoms with van der Waals surface area (Å²) in [6.07, 6.45) is 0.613. The Labute approximate surface area is 119 Å². The Morgan fingerprint density at radius 3 is 2.76 bits per heavy atom. The molecule has 0 bridgehead atoms. The molecular formula is C11H17N2O7P. The van der Waals surface area contributed by atoms with Crippen molar-refractivity contribution >= 4 is 7.60 Å². The Morgan fingerprint density at radius 2 is 2.24 bits per heavy atom. The highest BCUT2D eigenvalue weighted by Gasteiger charge is 2.44. The third-order valence-electron chi connectivity index (χ3n) is 3.15. The van der Waals surface area contributed by atoms with Crippen LogP contribution in [0.3, 0.4) is 0 Å². The molecule has 1 saturated heterocycles. The lowest BCUT2D eigenvalue weighted by molar-refractivity contribution is -0.263. The number of H-pyrrole nitrogens is 1. The quantitative estimate of drug-likeness (QED) is 0.647. The van der Waals surface area contributed by atoms with Crippen molar-refractivity contribution in [2.24, 2.45) is 5.92 Å². The molecule has 10 heteroatoms. The average Bonchev–Trinajstić information content (AvgIpc) is 2.73. The minimum atomic E-state index is -4.43. The number of aryl methyl sites for hydroxylation is 1. The van der Waals surface area contributed by atoms with Gasteiger partial charge in [-0.25, -0.2) is 9.36 Å². The molecule has 9 nitrogen and oxygen atoms in total. The fourth-order valence-corrected chi connectivity index (χ4v) is 2.54. The lowest BCUT2D eigenvalue weighted by Gasteiger charge is -2.30. The predicted octanol–water partition coefficient (Wildman–Crippen LogP) is -0.336. The summed E-state index contributed by atoms with van der Waals surface area (Å²) >= 11 is 0. The van der Waals surface area contributed by atoms with E-state index in [4.69, 9.17) is 19.3 Å². The van der Waals surface area contributed by atoms with E-state index in [0.717, 1.165) is 4.57 Å². The highest BCUT2D eigenvalue weighted by atomic mass is 31.2. The first kappa shape index (κ1) is 16.1. The number of rotatable bonds is 4. The summed E-state index contributed by atoms with van der Waals surface area (Å²) in [6.45, 7) is 3.63. The van der Waals surface area contributed by atoms with E-state index in [-0.39, 0.29) is 24.5 Å². The smallest absolute Gasteiger partial charge is 0.332 e. The first-order chi connectivity index (χ1) is 9.63. The molecule has 0 spiro atoms. The van der Waals surface area contributed by atoms with Crippen molar-refractivity contribution in [1.82, 2.24) is 9.55 Å². The zero-order chi connectivity index (χ0) is 15.8. The second-order valence-electron chi connectivity index (χ2n) is 5.21. The first-order valence-corrected chi connectivity index (χ1v) is 8.08. The van der Waals surface area contributed by atoms with Crippen molar-refractivity contribution in [3.63, 3.8) is 0 Å². The van der Waals surface area contributed by atoms with Crippen LogP contribution in [0.25, 0.3) is 0 Å². The van der Waals surface area contributed by atoms with Crippen molar-refractivity contribution < 1.29 is 23.8 Å². The van der Waals surface area contributed by atoms with Gasteiger partial charge in [-0.15, -0.1) is 0 Å². The second kappa shape index (κ2) is 5.51. The molecule has 1 fully saturated rings. The summed E-state index contributed by atoms with van der Waals surface area (Å²) in [5.74, 6) is -1.59. The van der Waals surface area contributed by atoms with Crippen LogP contribution in [-0.2, 0) is 19.9 Å². The standard InChI is InChI=1S/C11H17N2O7P/c1-7-3-11(19-5-7,20-6-21(16,17)18)13-4-8(2)9(14)12-10(13)15/h4,7H,3,5-6H2,1-2H3,(H,12,14,15)(H2,16,17,18). The Bertz CT molecular complexity index is 691. The van der Waals surface area contributed by atoms with Crippen molar-refractivity contribution in [1.29, 1.82) is 0 Å². The minimum absolute atomic E-state index is 0.0286. The maximum atomic E-state index is 12.0. The number of aromatic nitrogens is 2. The molecule has 1 aromatic rings. The van der Waals surface area contributed by atoms with E-state index >= 15 is 0 Å². The monoisotopic (exact) mass is 320 g/mol. The summed E-state index contributed by atoms with van der Waals surface area (Å²) in [5, 5.41) is 0. The van der Waals surface area contributed by atoms with Gasteiger partial charge >= 0.3 is 13.3 Å². The molecule has 1 aliphatic heterocycles. The van der Waals surface area contributed by atoms with E-state index in [0.29, 0.717) is 0 Å². The molecule has 2 heterocycles. The van der Waals surface area contributed by atoms with Gasteiger partial charge in [0.1, 0.15) is 0 Å². The third kappa shape index (κ3) is 3.50. The molecule has 2 rings (SSSR count). The average molecular weight is 320 g/mol. The van der Waals surface area contributed by atoms with Gasteiger partial charge in [0.2, 0.25) is 0 Å². The normalized spacial score (nSPS) is 26.2. The summed E-state index contributed by atoms with van der Waals surface area (Å²) in [7, 11) is -4.43. The lowest BCUT2D eigenvalue weighted by atomic mass is 10.1. The van der Waals surface area contributed by atoms with Gasteiger partial charge in [-0.3, -0.25) is 14.3 Å². The van der Waals surface area contributed by atoms with Crippen LogP contribution in [-0.4, -0.2) is 32.3 Å². The maximum Gasteiger partial charge on any atom is 0.351 e. The fraction of sp³-hybridized carbons (Fsp3) is 0.636. The van der Waals surface area contributed by atoms with E-state index < -0.39 is 31.1 Å². The molecular weight excluding hydrogens is 303 g/mol. The largest absolute Gasteiger partial charge is 0.351 e. The molecule has 0 radical (unpaired) electrons. The van der Waals surface area contributed by atoms with Crippen LogP contribution in [0, 0.1) is 12.8 Å². The van der Waals surface area contributed by atoms with E-state index in [9.17, 15) is 14.2 Å². The number of hydrogen-bond donors (Lipinski definition) is 3. The molecule has 3 N–H and O–H groups in total. The summed E-state index contributed by atoms with van der Waals surface area (Å²) in [6, 6.07) is 0. The molecule has 2 atom stereocenters. The van der Waals surface area contributed by atoms with Crippen molar-refractivity contribution in [3.05, 3.63) is 32.6 Å². The fourth-order valence-electron chi connectivity index (χ4n) is 2.17. The predicted molar refractivity (Wildman–Crippen MR) is 71.8 cm³/mol. The van der Waals surface area contributed by atoms with Gasteiger partial charge in [-0.1, -0.05) is 6.92 Å². The SMILES string of the molecule is Cc1cn(C2(OCP(=O)(O)O)CC(C)CO2)c(=O)[nH]c1=O. The zero-order valence-electron chi connectivity index (χ0n) is 11.6. The van der Waals surface area contributed by atoms with Gasteiger partial charge in [0.25, 0.3) is 11.5 Å². The van der Waals surface area contributed by atoms with Gasteiger partial charge in [0.05, 0.1) is 6.61 Å². The van der Waals surface area contributed by atoms with Crippen LogP contribution >= 0.6 is 7.60 Å². The van der Waals surface area contributed by atoms with E-state index in [1.54, 1.807) is 0 Å². The summed E-state index contributed by atoms with van der Waals surface area (Å²) < 4.78 is 22.8. The first-order valence-electron chi connectivity index (χ1n) is 6.28. The summed E-state index contributed by atoms with van der Waals surface area (Å²) in [4.78, 5) is 43.4.